The smallest absolute Gasteiger partial charge is 0.206 e. The van der Waals surface area contributed by atoms with Crippen molar-refractivity contribution in [3.8, 4) is 6.07 Å². The minimum absolute atomic E-state index is 0.208. The second-order valence-corrected chi connectivity index (χ2v) is 7.83. The van der Waals surface area contributed by atoms with Gasteiger partial charge in [0, 0.05) is 6.54 Å². The monoisotopic (exact) mass is 383 g/mol. The van der Waals surface area contributed by atoms with Gasteiger partial charge >= 0.3 is 0 Å². The van der Waals surface area contributed by atoms with Gasteiger partial charge in [-0.05, 0) is 41.0 Å². The summed E-state index contributed by atoms with van der Waals surface area (Å²) in [5, 5.41) is 21.1. The van der Waals surface area contributed by atoms with Gasteiger partial charge in [-0.15, -0.1) is 10.2 Å². The number of nitrogens with zero attached hydrogens (tertiary/aromatic N) is 4. The molecule has 0 amide bonds. The number of hydrogen-bond donors (Lipinski definition) is 1. The Morgan fingerprint density at radius 1 is 1.30 bits per heavy atom. The van der Waals surface area contributed by atoms with Crippen molar-refractivity contribution in [2.24, 2.45) is 0 Å². The molecule has 0 radical (unpaired) electrons. The molecule has 0 saturated carbocycles. The van der Waals surface area contributed by atoms with E-state index in [2.05, 4.69) is 19.9 Å². The lowest BCUT2D eigenvalue weighted by Gasteiger charge is -2.01. The molecule has 3 rings (SSSR count). The molecule has 1 aromatic carbocycles. The number of rotatable bonds is 5. The van der Waals surface area contributed by atoms with Crippen LogP contribution in [0, 0.1) is 17.1 Å². The summed E-state index contributed by atoms with van der Waals surface area (Å²) in [6, 6.07) is 8.26. The zero-order valence-electron chi connectivity index (χ0n) is 11.3. The zero-order valence-corrected chi connectivity index (χ0v) is 14.5. The van der Waals surface area contributed by atoms with Crippen LogP contribution in [0.5, 0.6) is 0 Å². The third kappa shape index (κ3) is 3.97. The standard InChI is InChI=1S/C13H7ClFN5S3/c14-10-9(5-16)11(23-20-10)21-13-19-18-12(22-13)17-6-7-1-3-8(15)4-2-7/h1-4H,6H2,(H,17,18). The van der Waals surface area contributed by atoms with Gasteiger partial charge in [0.2, 0.25) is 5.13 Å². The van der Waals surface area contributed by atoms with E-state index in [0.29, 0.717) is 25.8 Å². The van der Waals surface area contributed by atoms with Gasteiger partial charge in [0.05, 0.1) is 0 Å². The van der Waals surface area contributed by atoms with Gasteiger partial charge in [0.25, 0.3) is 0 Å². The van der Waals surface area contributed by atoms with Crippen molar-refractivity contribution in [1.29, 1.82) is 5.26 Å². The zero-order chi connectivity index (χ0) is 16.2. The van der Waals surface area contributed by atoms with Gasteiger partial charge in [0.1, 0.15) is 21.7 Å². The fourth-order valence-corrected chi connectivity index (χ4v) is 4.71. The second kappa shape index (κ2) is 7.23. The van der Waals surface area contributed by atoms with Crippen LogP contribution in [-0.4, -0.2) is 14.6 Å². The highest BCUT2D eigenvalue weighted by Gasteiger charge is 2.15. The van der Waals surface area contributed by atoms with Gasteiger partial charge in [-0.1, -0.05) is 35.1 Å². The summed E-state index contributed by atoms with van der Waals surface area (Å²) >= 11 is 9.66. The molecule has 0 unspecified atom stereocenters. The molecular weight excluding hydrogens is 377 g/mol. The Kier molecular flexibility index (Phi) is 5.07. The van der Waals surface area contributed by atoms with Gasteiger partial charge in [-0.25, -0.2) is 4.39 Å². The number of nitriles is 1. The molecule has 0 aliphatic heterocycles. The van der Waals surface area contributed by atoms with Gasteiger partial charge in [-0.3, -0.25) is 0 Å². The Balaban J connectivity index is 1.64. The Morgan fingerprint density at radius 2 is 2.09 bits per heavy atom. The number of hydrogen-bond acceptors (Lipinski definition) is 8. The molecule has 10 heteroatoms. The Hall–Kier alpha value is -1.73. The minimum atomic E-state index is -0.264. The van der Waals surface area contributed by atoms with Crippen molar-refractivity contribution < 1.29 is 4.39 Å². The van der Waals surface area contributed by atoms with Crippen molar-refractivity contribution in [3.63, 3.8) is 0 Å². The molecule has 0 fully saturated rings. The first-order valence-electron chi connectivity index (χ1n) is 6.20. The summed E-state index contributed by atoms with van der Waals surface area (Å²) in [5.74, 6) is -0.264. The van der Waals surface area contributed by atoms with E-state index in [1.807, 2.05) is 6.07 Å². The van der Waals surface area contributed by atoms with Crippen LogP contribution in [0.4, 0.5) is 9.52 Å². The van der Waals surface area contributed by atoms with Crippen LogP contribution in [0.25, 0.3) is 0 Å². The summed E-state index contributed by atoms with van der Waals surface area (Å²) in [7, 11) is 0. The third-order valence-corrected chi connectivity index (χ3v) is 5.99. The highest BCUT2D eigenvalue weighted by atomic mass is 35.5. The van der Waals surface area contributed by atoms with Crippen molar-refractivity contribution in [1.82, 2.24) is 14.6 Å². The van der Waals surface area contributed by atoms with Crippen LogP contribution >= 0.6 is 46.2 Å². The van der Waals surface area contributed by atoms with Crippen LogP contribution in [0.3, 0.4) is 0 Å². The first-order chi connectivity index (χ1) is 11.2. The predicted molar refractivity (Wildman–Crippen MR) is 89.6 cm³/mol. The molecule has 2 aromatic heterocycles. The topological polar surface area (TPSA) is 74.5 Å². The minimum Gasteiger partial charge on any atom is -0.356 e. The molecule has 0 spiro atoms. The number of nitrogens with one attached hydrogen (secondary N) is 1. The lowest BCUT2D eigenvalue weighted by atomic mass is 10.2. The summed E-state index contributed by atoms with van der Waals surface area (Å²) in [6.45, 7) is 0.523. The summed E-state index contributed by atoms with van der Waals surface area (Å²) in [4.78, 5) is 0. The normalized spacial score (nSPS) is 10.5. The molecule has 0 aliphatic carbocycles. The fourth-order valence-electron chi connectivity index (χ4n) is 1.60. The van der Waals surface area contributed by atoms with Crippen LogP contribution in [0.15, 0.2) is 32.8 Å². The highest BCUT2D eigenvalue weighted by molar-refractivity contribution is 8.02. The molecule has 116 valence electrons. The first kappa shape index (κ1) is 16.1. The maximum absolute atomic E-state index is 12.8. The lowest BCUT2D eigenvalue weighted by Crippen LogP contribution is -1.98. The maximum Gasteiger partial charge on any atom is 0.206 e. The maximum atomic E-state index is 12.8. The molecule has 0 aliphatic rings. The van der Waals surface area contributed by atoms with Crippen molar-refractivity contribution >= 4 is 51.4 Å². The van der Waals surface area contributed by atoms with Crippen LogP contribution in [0.2, 0.25) is 5.15 Å². The molecule has 0 bridgehead atoms. The van der Waals surface area contributed by atoms with E-state index >= 15 is 0 Å². The molecule has 23 heavy (non-hydrogen) atoms. The van der Waals surface area contributed by atoms with E-state index in [-0.39, 0.29) is 11.0 Å². The SMILES string of the molecule is N#Cc1c(Cl)nsc1Sc1nnc(NCc2ccc(F)cc2)s1. The van der Waals surface area contributed by atoms with Crippen LogP contribution in [-0.2, 0) is 6.54 Å². The Labute approximate surface area is 148 Å². The molecule has 3 aromatic rings. The Morgan fingerprint density at radius 3 is 2.83 bits per heavy atom. The van der Waals surface area contributed by atoms with Crippen molar-refractivity contribution in [2.45, 2.75) is 15.1 Å². The van der Waals surface area contributed by atoms with E-state index in [1.54, 1.807) is 12.1 Å². The summed E-state index contributed by atoms with van der Waals surface area (Å²) in [5.41, 5.74) is 1.30. The molecule has 0 saturated heterocycles. The molecular formula is C13H7ClFN5S3. The van der Waals surface area contributed by atoms with Crippen molar-refractivity contribution in [2.75, 3.05) is 5.32 Å². The predicted octanol–water partition coefficient (Wildman–Crippen LogP) is 4.42. The number of aromatic nitrogens is 3. The van der Waals surface area contributed by atoms with Gasteiger partial charge in [0.15, 0.2) is 9.49 Å². The molecule has 5 nitrogen and oxygen atoms in total. The largest absolute Gasteiger partial charge is 0.356 e. The van der Waals surface area contributed by atoms with Crippen LogP contribution < -0.4 is 5.32 Å². The van der Waals surface area contributed by atoms with E-state index < -0.39 is 0 Å². The van der Waals surface area contributed by atoms with Gasteiger partial charge in [-0.2, -0.15) is 9.64 Å². The van der Waals surface area contributed by atoms with Crippen LogP contribution in [0.1, 0.15) is 11.1 Å². The average Bonchev–Trinajstić information content (AvgIpc) is 3.14. The van der Waals surface area contributed by atoms with E-state index in [0.717, 1.165) is 17.1 Å². The fraction of sp³-hybridized carbons (Fsp3) is 0.0769. The first-order valence-corrected chi connectivity index (χ1v) is 8.99. The van der Waals surface area contributed by atoms with Crippen molar-refractivity contribution in [3.05, 3.63) is 46.4 Å². The molecule has 1 N–H and O–H groups in total. The number of halogens is 2. The second-order valence-electron chi connectivity index (χ2n) is 4.20. The molecule has 0 atom stereocenters. The number of benzene rings is 1. The molecule has 2 heterocycles. The average molecular weight is 384 g/mol. The van der Waals surface area contributed by atoms with E-state index in [1.165, 1.54) is 35.2 Å². The number of anilines is 1. The van der Waals surface area contributed by atoms with E-state index in [4.69, 9.17) is 16.9 Å². The highest BCUT2D eigenvalue weighted by Crippen LogP contribution is 2.38. The Bertz CT molecular complexity index is 855. The summed E-state index contributed by atoms with van der Waals surface area (Å²) < 4.78 is 18.2. The quantitative estimate of drug-likeness (QED) is 0.702. The lowest BCUT2D eigenvalue weighted by molar-refractivity contribution is 0.627. The third-order valence-electron chi connectivity index (χ3n) is 2.67. The summed E-state index contributed by atoms with van der Waals surface area (Å²) in [6.07, 6.45) is 0. The van der Waals surface area contributed by atoms with E-state index in [9.17, 15) is 4.39 Å². The van der Waals surface area contributed by atoms with Gasteiger partial charge < -0.3 is 5.32 Å².